The molecule has 1 aromatic rings. The van der Waals surface area contributed by atoms with Gasteiger partial charge in [-0.2, -0.15) is 18.4 Å². The van der Waals surface area contributed by atoms with Crippen molar-refractivity contribution >= 4 is 0 Å². The summed E-state index contributed by atoms with van der Waals surface area (Å²) in [5.74, 6) is 0. The van der Waals surface area contributed by atoms with Gasteiger partial charge in [0, 0.05) is 13.2 Å². The molecule has 2 atom stereocenters. The number of rotatable bonds is 4. The number of nitrogens with one attached hydrogen (secondary N) is 1. The van der Waals surface area contributed by atoms with E-state index in [1.54, 1.807) is 0 Å². The van der Waals surface area contributed by atoms with E-state index >= 15 is 0 Å². The van der Waals surface area contributed by atoms with E-state index in [-0.39, 0.29) is 11.7 Å². The highest BCUT2D eigenvalue weighted by atomic mass is 19.4. The lowest BCUT2D eigenvalue weighted by Crippen LogP contribution is -2.30. The second-order valence-corrected chi connectivity index (χ2v) is 4.69. The van der Waals surface area contributed by atoms with Gasteiger partial charge in [0.2, 0.25) is 0 Å². The van der Waals surface area contributed by atoms with Crippen LogP contribution in [0.5, 0.6) is 0 Å². The van der Waals surface area contributed by atoms with Crippen LogP contribution in [-0.2, 0) is 10.9 Å². The molecule has 2 unspecified atom stereocenters. The Labute approximate surface area is 115 Å². The standard InChI is InChI=1S/C14H15F3N2O/c15-14(16,17)12-6-2-1-5-11(12)13(8-18)19-9-10-4-3-7-20-10/h1-2,5-6,10,13,19H,3-4,7,9H2. The zero-order valence-corrected chi connectivity index (χ0v) is 10.8. The number of benzene rings is 1. The van der Waals surface area contributed by atoms with Gasteiger partial charge < -0.3 is 4.74 Å². The summed E-state index contributed by atoms with van der Waals surface area (Å²) >= 11 is 0. The molecule has 0 aliphatic carbocycles. The van der Waals surface area contributed by atoms with E-state index in [0.29, 0.717) is 13.2 Å². The molecule has 1 saturated heterocycles. The van der Waals surface area contributed by atoms with Crippen LogP contribution in [0.2, 0.25) is 0 Å². The van der Waals surface area contributed by atoms with Crippen LogP contribution in [-0.4, -0.2) is 19.3 Å². The second-order valence-electron chi connectivity index (χ2n) is 4.69. The molecule has 0 amide bonds. The maximum atomic E-state index is 12.9. The van der Waals surface area contributed by atoms with E-state index < -0.39 is 17.8 Å². The third kappa shape index (κ3) is 3.50. The number of hydrogen-bond donors (Lipinski definition) is 1. The monoisotopic (exact) mass is 284 g/mol. The summed E-state index contributed by atoms with van der Waals surface area (Å²) in [6.45, 7) is 1.05. The summed E-state index contributed by atoms with van der Waals surface area (Å²) in [4.78, 5) is 0. The first-order valence-corrected chi connectivity index (χ1v) is 6.43. The first-order chi connectivity index (χ1) is 9.52. The maximum Gasteiger partial charge on any atom is 0.416 e. The molecule has 0 saturated carbocycles. The zero-order chi connectivity index (χ0) is 14.6. The Balaban J connectivity index is 2.13. The molecule has 1 aromatic carbocycles. The van der Waals surface area contributed by atoms with Crippen molar-refractivity contribution in [2.45, 2.75) is 31.2 Å². The number of halogens is 3. The van der Waals surface area contributed by atoms with E-state index in [1.165, 1.54) is 18.2 Å². The summed E-state index contributed by atoms with van der Waals surface area (Å²) < 4.78 is 44.2. The average molecular weight is 284 g/mol. The summed E-state index contributed by atoms with van der Waals surface area (Å²) in [5.41, 5.74) is -0.813. The molecule has 0 bridgehead atoms. The Morgan fingerprint density at radius 2 is 2.15 bits per heavy atom. The smallest absolute Gasteiger partial charge is 0.377 e. The van der Waals surface area contributed by atoms with Crippen LogP contribution < -0.4 is 5.32 Å². The molecule has 1 N–H and O–H groups in total. The molecule has 1 aliphatic heterocycles. The van der Waals surface area contributed by atoms with Gasteiger partial charge in [0.05, 0.1) is 17.7 Å². The Hall–Kier alpha value is -1.58. The van der Waals surface area contributed by atoms with Gasteiger partial charge >= 0.3 is 6.18 Å². The molecule has 0 spiro atoms. The van der Waals surface area contributed by atoms with Crippen LogP contribution in [0.3, 0.4) is 0 Å². The van der Waals surface area contributed by atoms with Crippen LogP contribution in [0.15, 0.2) is 24.3 Å². The van der Waals surface area contributed by atoms with Crippen LogP contribution in [0.4, 0.5) is 13.2 Å². The topological polar surface area (TPSA) is 45.0 Å². The second kappa shape index (κ2) is 6.25. The molecule has 3 nitrogen and oxygen atoms in total. The quantitative estimate of drug-likeness (QED) is 0.924. The number of alkyl halides is 3. The minimum Gasteiger partial charge on any atom is -0.377 e. The minimum absolute atomic E-state index is 0.0242. The van der Waals surface area contributed by atoms with Crippen molar-refractivity contribution in [2.24, 2.45) is 0 Å². The highest BCUT2D eigenvalue weighted by molar-refractivity contribution is 5.35. The van der Waals surface area contributed by atoms with Crippen LogP contribution >= 0.6 is 0 Å². The third-order valence-electron chi connectivity index (χ3n) is 3.28. The predicted molar refractivity (Wildman–Crippen MR) is 66.8 cm³/mol. The fraction of sp³-hybridized carbons (Fsp3) is 0.500. The van der Waals surface area contributed by atoms with Crippen LogP contribution in [0.25, 0.3) is 0 Å². The number of ether oxygens (including phenoxy) is 1. The molecular weight excluding hydrogens is 269 g/mol. The molecule has 2 rings (SSSR count). The molecular formula is C14H15F3N2O. The summed E-state index contributed by atoms with van der Waals surface area (Å²) in [6, 6.07) is 6.05. The first-order valence-electron chi connectivity index (χ1n) is 6.43. The molecule has 0 radical (unpaired) electrons. The van der Waals surface area contributed by atoms with Gasteiger partial charge in [-0.15, -0.1) is 0 Å². The Kier molecular flexibility index (Phi) is 4.63. The van der Waals surface area contributed by atoms with Crippen molar-refractivity contribution in [1.29, 1.82) is 5.26 Å². The van der Waals surface area contributed by atoms with E-state index in [0.717, 1.165) is 18.9 Å². The highest BCUT2D eigenvalue weighted by Gasteiger charge is 2.35. The first kappa shape index (κ1) is 14.8. The van der Waals surface area contributed by atoms with Crippen molar-refractivity contribution in [2.75, 3.05) is 13.2 Å². The Bertz CT molecular complexity index is 490. The predicted octanol–water partition coefficient (Wildman–Crippen LogP) is 3.04. The zero-order valence-electron chi connectivity index (χ0n) is 10.8. The minimum atomic E-state index is -4.46. The Morgan fingerprint density at radius 3 is 2.75 bits per heavy atom. The third-order valence-corrected chi connectivity index (χ3v) is 3.28. The van der Waals surface area contributed by atoms with E-state index in [2.05, 4.69) is 5.32 Å². The van der Waals surface area contributed by atoms with Gasteiger partial charge in [-0.1, -0.05) is 18.2 Å². The number of nitrogens with zero attached hydrogens (tertiary/aromatic N) is 1. The molecule has 0 aromatic heterocycles. The highest BCUT2D eigenvalue weighted by Crippen LogP contribution is 2.34. The molecule has 1 fully saturated rings. The Morgan fingerprint density at radius 1 is 1.40 bits per heavy atom. The van der Waals surface area contributed by atoms with Crippen molar-refractivity contribution in [3.63, 3.8) is 0 Å². The van der Waals surface area contributed by atoms with Gasteiger partial charge in [0.1, 0.15) is 6.04 Å². The average Bonchev–Trinajstić information content (AvgIpc) is 2.92. The molecule has 6 heteroatoms. The van der Waals surface area contributed by atoms with Gasteiger partial charge in [-0.25, -0.2) is 0 Å². The van der Waals surface area contributed by atoms with E-state index in [4.69, 9.17) is 10.00 Å². The van der Waals surface area contributed by atoms with E-state index in [1.807, 2.05) is 6.07 Å². The number of hydrogen-bond acceptors (Lipinski definition) is 3. The lowest BCUT2D eigenvalue weighted by atomic mass is 10.0. The fourth-order valence-electron chi connectivity index (χ4n) is 2.29. The molecule has 108 valence electrons. The molecule has 1 aliphatic rings. The van der Waals surface area contributed by atoms with Crippen molar-refractivity contribution in [3.05, 3.63) is 35.4 Å². The molecule has 1 heterocycles. The summed E-state index contributed by atoms with van der Waals surface area (Å²) in [5, 5.41) is 12.0. The van der Waals surface area contributed by atoms with Crippen molar-refractivity contribution in [1.82, 2.24) is 5.32 Å². The fourth-order valence-corrected chi connectivity index (χ4v) is 2.29. The van der Waals surface area contributed by atoms with Gasteiger partial charge in [0.25, 0.3) is 0 Å². The SMILES string of the molecule is N#CC(NCC1CCCO1)c1ccccc1C(F)(F)F. The number of nitriles is 1. The van der Waals surface area contributed by atoms with Gasteiger partial charge in [-0.3, -0.25) is 5.32 Å². The normalized spacial score (nSPS) is 20.6. The molecule has 20 heavy (non-hydrogen) atoms. The summed E-state index contributed by atoms with van der Waals surface area (Å²) in [7, 11) is 0. The van der Waals surface area contributed by atoms with Crippen LogP contribution in [0.1, 0.15) is 30.0 Å². The van der Waals surface area contributed by atoms with Crippen molar-refractivity contribution < 1.29 is 17.9 Å². The van der Waals surface area contributed by atoms with E-state index in [9.17, 15) is 13.2 Å². The van der Waals surface area contributed by atoms with Gasteiger partial charge in [0.15, 0.2) is 0 Å². The largest absolute Gasteiger partial charge is 0.416 e. The van der Waals surface area contributed by atoms with Gasteiger partial charge in [-0.05, 0) is 24.5 Å². The summed E-state index contributed by atoms with van der Waals surface area (Å²) in [6.07, 6.45) is -2.67. The maximum absolute atomic E-state index is 12.9. The van der Waals surface area contributed by atoms with Crippen molar-refractivity contribution in [3.8, 4) is 6.07 Å². The lowest BCUT2D eigenvalue weighted by Gasteiger charge is -2.19. The lowest BCUT2D eigenvalue weighted by molar-refractivity contribution is -0.138. The van der Waals surface area contributed by atoms with Crippen LogP contribution in [0, 0.1) is 11.3 Å².